The third-order valence-corrected chi connectivity index (χ3v) is 5.79. The van der Waals surface area contributed by atoms with Crippen molar-refractivity contribution in [1.82, 2.24) is 0 Å². The van der Waals surface area contributed by atoms with E-state index in [2.05, 4.69) is 6.92 Å². The molecule has 0 aliphatic rings. The quantitative estimate of drug-likeness (QED) is 0.0917. The normalized spacial score (nSPS) is 12.9. The van der Waals surface area contributed by atoms with E-state index in [0.717, 1.165) is 25.7 Å². The first-order chi connectivity index (χ1) is 13.2. The fourth-order valence-corrected chi connectivity index (χ4v) is 3.77. The molecule has 0 aromatic heterocycles. The number of rotatable bonds is 18. The molecule has 166 valence electrons. The second-order valence-electron chi connectivity index (χ2n) is 7.38. The van der Waals surface area contributed by atoms with E-state index in [1.165, 1.54) is 44.9 Å². The van der Waals surface area contributed by atoms with Crippen molar-refractivity contribution in [2.24, 2.45) is 0 Å². The summed E-state index contributed by atoms with van der Waals surface area (Å²) in [5.74, 6) is -3.06. The van der Waals surface area contributed by atoms with Crippen LogP contribution in [0.2, 0.25) is 0 Å². The first kappa shape index (κ1) is 35.4. The van der Waals surface area contributed by atoms with Crippen LogP contribution in [0.15, 0.2) is 0 Å². The number of carboxylic acid groups (broad SMARTS) is 1. The Balaban J connectivity index is -0.00000364. The van der Waals surface area contributed by atoms with Crippen LogP contribution < -0.4 is 64.2 Å². The van der Waals surface area contributed by atoms with Crippen molar-refractivity contribution in [3.63, 3.8) is 0 Å². The van der Waals surface area contributed by atoms with Crippen LogP contribution in [0.1, 0.15) is 104 Å². The van der Waals surface area contributed by atoms with Crippen molar-refractivity contribution < 1.29 is 91.5 Å². The average molecular weight is 467 g/mol. The van der Waals surface area contributed by atoms with Crippen LogP contribution in [0.3, 0.4) is 0 Å². The summed E-state index contributed by atoms with van der Waals surface area (Å²) < 4.78 is 38.6. The van der Waals surface area contributed by atoms with Gasteiger partial charge in [0.25, 0.3) is 0 Å². The summed E-state index contributed by atoms with van der Waals surface area (Å²) in [6, 6.07) is 0. The number of carbonyl (C=O) groups is 2. The molecule has 0 saturated carbocycles. The summed E-state index contributed by atoms with van der Waals surface area (Å²) in [7, 11) is -5.11. The Hall–Kier alpha value is 0.850. The summed E-state index contributed by atoms with van der Waals surface area (Å²) in [5, 5.41) is 8.38. The smallest absolute Gasteiger partial charge is 0.747 e. The van der Waals surface area contributed by atoms with Crippen LogP contribution in [-0.2, 0) is 24.4 Å². The van der Waals surface area contributed by atoms with Gasteiger partial charge in [0.05, 0.1) is 0 Å². The second-order valence-corrected chi connectivity index (χ2v) is 8.93. The van der Waals surface area contributed by atoms with Gasteiger partial charge in [-0.3, -0.25) is 4.79 Å². The van der Waals surface area contributed by atoms with E-state index >= 15 is 0 Å². The van der Waals surface area contributed by atoms with Gasteiger partial charge in [-0.1, -0.05) is 78.1 Å². The Bertz CT molecular complexity index is 541. The molecule has 2 atom stereocenters. The minimum absolute atomic E-state index is 0. The van der Waals surface area contributed by atoms with Crippen LogP contribution in [0.4, 0.5) is 0 Å². The zero-order valence-corrected chi connectivity index (χ0v) is 24.1. The van der Waals surface area contributed by atoms with Crippen LogP contribution in [0.25, 0.3) is 0 Å². The monoisotopic (exact) mass is 466 g/mol. The predicted octanol–water partition coefficient (Wildman–Crippen LogP) is -2.93. The Kier molecular flexibility index (Phi) is 25.6. The van der Waals surface area contributed by atoms with E-state index in [9.17, 15) is 27.7 Å². The molecule has 0 aliphatic heterocycles. The molecule has 0 radical (unpaired) electrons. The van der Waals surface area contributed by atoms with Gasteiger partial charge in [0.2, 0.25) is 0 Å². The molecule has 0 spiro atoms. The van der Waals surface area contributed by atoms with Crippen LogP contribution in [0.5, 0.6) is 0 Å². The van der Waals surface area contributed by atoms with Crippen molar-refractivity contribution >= 4 is 22.1 Å². The number of carbonyl (C=O) groups excluding carboxylic acids is 2. The molecule has 0 rings (SSSR count). The van der Waals surface area contributed by atoms with E-state index in [1.807, 2.05) is 6.92 Å². The van der Waals surface area contributed by atoms with E-state index in [4.69, 9.17) is 4.74 Å². The van der Waals surface area contributed by atoms with Crippen LogP contribution >= 0.6 is 0 Å². The van der Waals surface area contributed by atoms with Gasteiger partial charge >= 0.3 is 65.1 Å². The number of unbranched alkanes of at least 4 members (excludes halogenated alkanes) is 9. The fraction of sp³-hybridized carbons (Fsp3) is 0.900. The summed E-state index contributed by atoms with van der Waals surface area (Å²) in [6.07, 6.45) is 11.9. The van der Waals surface area contributed by atoms with Gasteiger partial charge in [-0.25, -0.2) is 8.42 Å². The molecule has 0 N–H and O–H groups in total. The summed E-state index contributed by atoms with van der Waals surface area (Å²) in [4.78, 5) is 22.6. The molecular formula is C20H36Na2O7S. The Morgan fingerprint density at radius 1 is 0.800 bits per heavy atom. The standard InChI is InChI=1S/C20H38O7S.2Na/c1-3-5-6-7-8-9-10-11-12-13-15-17(14-4-2)27-20(23)18(16-19(21)22)28(24,25)26;;/h17-18H,3-16H2,1-2H3,(H,21,22)(H,24,25,26);;/q;2*+1/p-2. The molecule has 7 nitrogen and oxygen atoms in total. The SMILES string of the molecule is CCCCCCCCCCCCC(CCC)OC(=O)C(CC(=O)[O-])S(=O)(=O)[O-].[Na+].[Na+]. The minimum Gasteiger partial charge on any atom is -0.747 e. The van der Waals surface area contributed by atoms with E-state index in [-0.39, 0.29) is 59.1 Å². The maximum atomic E-state index is 12.0. The summed E-state index contributed by atoms with van der Waals surface area (Å²) in [5.41, 5.74) is 0. The van der Waals surface area contributed by atoms with E-state index < -0.39 is 39.8 Å². The third-order valence-electron chi connectivity index (χ3n) is 4.74. The number of esters is 1. The van der Waals surface area contributed by atoms with Gasteiger partial charge in [0.1, 0.15) is 16.2 Å². The first-order valence-corrected chi connectivity index (χ1v) is 12.0. The van der Waals surface area contributed by atoms with Crippen molar-refractivity contribution in [1.29, 1.82) is 0 Å². The molecule has 0 aromatic carbocycles. The molecule has 0 saturated heterocycles. The van der Waals surface area contributed by atoms with Gasteiger partial charge in [-0.2, -0.15) is 0 Å². The van der Waals surface area contributed by atoms with Gasteiger partial charge in [-0.05, 0) is 19.3 Å². The number of aliphatic carboxylic acids is 1. The molecule has 10 heteroatoms. The fourth-order valence-electron chi connectivity index (χ4n) is 3.14. The molecule has 0 amide bonds. The van der Waals surface area contributed by atoms with Gasteiger partial charge in [0.15, 0.2) is 5.25 Å². The van der Waals surface area contributed by atoms with Crippen molar-refractivity contribution in [2.75, 3.05) is 0 Å². The van der Waals surface area contributed by atoms with Crippen LogP contribution in [-0.4, -0.2) is 36.3 Å². The topological polar surface area (TPSA) is 124 Å². The zero-order valence-electron chi connectivity index (χ0n) is 19.3. The molecule has 0 fully saturated rings. The van der Waals surface area contributed by atoms with Gasteiger partial charge < -0.3 is 19.2 Å². The number of ether oxygens (including phenoxy) is 1. The zero-order chi connectivity index (χ0) is 21.4. The maximum Gasteiger partial charge on any atom is 1.00 e. The number of carboxylic acids is 1. The average Bonchev–Trinajstić information content (AvgIpc) is 2.60. The van der Waals surface area contributed by atoms with Crippen LogP contribution in [0, 0.1) is 0 Å². The molecule has 2 unspecified atom stereocenters. The van der Waals surface area contributed by atoms with Crippen molar-refractivity contribution in [3.8, 4) is 0 Å². The Morgan fingerprint density at radius 3 is 1.67 bits per heavy atom. The third kappa shape index (κ3) is 19.5. The molecule has 0 aromatic rings. The molecule has 30 heavy (non-hydrogen) atoms. The molecule has 0 heterocycles. The summed E-state index contributed by atoms with van der Waals surface area (Å²) >= 11 is 0. The van der Waals surface area contributed by atoms with E-state index in [0.29, 0.717) is 12.8 Å². The minimum atomic E-state index is -5.11. The van der Waals surface area contributed by atoms with E-state index in [1.54, 1.807) is 0 Å². The molecule has 0 aliphatic carbocycles. The van der Waals surface area contributed by atoms with Crippen molar-refractivity contribution in [3.05, 3.63) is 0 Å². The number of hydrogen-bond donors (Lipinski definition) is 0. The van der Waals surface area contributed by atoms with Crippen molar-refractivity contribution in [2.45, 2.75) is 115 Å². The predicted molar refractivity (Wildman–Crippen MR) is 104 cm³/mol. The van der Waals surface area contributed by atoms with Gasteiger partial charge in [0, 0.05) is 12.4 Å². The number of hydrogen-bond acceptors (Lipinski definition) is 7. The second kappa shape index (κ2) is 21.7. The first-order valence-electron chi connectivity index (χ1n) is 10.6. The van der Waals surface area contributed by atoms with Gasteiger partial charge in [-0.15, -0.1) is 0 Å². The summed E-state index contributed by atoms with van der Waals surface area (Å²) in [6.45, 7) is 4.11. The largest absolute Gasteiger partial charge is 1.00 e. The Morgan fingerprint density at radius 2 is 1.27 bits per heavy atom. The Labute approximate surface area is 226 Å². The molecule has 0 bridgehead atoms. The molecular weight excluding hydrogens is 430 g/mol. The maximum absolute atomic E-state index is 12.0.